The summed E-state index contributed by atoms with van der Waals surface area (Å²) in [5, 5.41) is 14.0. The summed E-state index contributed by atoms with van der Waals surface area (Å²) in [5.41, 5.74) is -1.90. The van der Waals surface area contributed by atoms with Gasteiger partial charge in [0, 0.05) is 115 Å². The highest BCUT2D eigenvalue weighted by atomic mass is 35.5. The van der Waals surface area contributed by atoms with Gasteiger partial charge in [-0.1, -0.05) is 41.9 Å². The van der Waals surface area contributed by atoms with Crippen molar-refractivity contribution < 1.29 is 44.3 Å². The van der Waals surface area contributed by atoms with Crippen LogP contribution in [0.2, 0.25) is 5.02 Å². The van der Waals surface area contributed by atoms with E-state index in [1.807, 2.05) is 53.8 Å². The Labute approximate surface area is 432 Å². The fourth-order valence-corrected chi connectivity index (χ4v) is 12.6. The Balaban J connectivity index is 0.974. The first-order valence-corrected chi connectivity index (χ1v) is 28.0. The number of aromatic carboxylic acids is 1. The van der Waals surface area contributed by atoms with E-state index in [4.69, 9.17) is 11.6 Å². The summed E-state index contributed by atoms with van der Waals surface area (Å²) >= 11 is 7.67. The average Bonchev–Trinajstić information content (AvgIpc) is 3.67. The highest BCUT2D eigenvalue weighted by molar-refractivity contribution is 7.99. The number of aromatic nitrogens is 1. The van der Waals surface area contributed by atoms with E-state index in [1.165, 1.54) is 36.0 Å². The van der Waals surface area contributed by atoms with Gasteiger partial charge in [0.25, 0.3) is 19.9 Å². The van der Waals surface area contributed by atoms with Crippen LogP contribution in [0.5, 0.6) is 0 Å². The fraction of sp³-hybridized carbons (Fsp3) is 0.327. The molecule has 73 heavy (non-hydrogen) atoms. The fourth-order valence-electron chi connectivity index (χ4n) is 9.34. The standard InChI is InChI=1S/C52H56ClF4N7O6S3/c1-4-64-35(2)48(51(65)66)49(50(64)36-10-12-38(53)13-11-36)37-30-39(54)32-43(31-37)63-28-26-62(27-29-63)42-16-14-40(15-17-42)59-73(69,70)45-18-19-46(47(33-45)72(67,68)52(55,56)57)58-41(34-71-44-8-6-5-7-9-44)20-21-61-24-22-60(3)23-25-61/h5-19,30-33,41,58-59H,4,20-29,34H2,1-3H3,(H,65,66)/t41-/m1/s1. The summed E-state index contributed by atoms with van der Waals surface area (Å²) in [5.74, 6) is -1.28. The Kier molecular flexibility index (Phi) is 16.4. The number of hydrogen-bond acceptors (Lipinski definition) is 11. The minimum Gasteiger partial charge on any atom is -0.478 e. The molecule has 0 aliphatic carbocycles. The predicted octanol–water partition coefficient (Wildman–Crippen LogP) is 10.3. The Morgan fingerprint density at radius 1 is 0.795 bits per heavy atom. The second-order valence-electron chi connectivity index (χ2n) is 18.1. The third-order valence-electron chi connectivity index (χ3n) is 13.3. The Hall–Kier alpha value is -5.77. The van der Waals surface area contributed by atoms with E-state index in [2.05, 4.69) is 24.7 Å². The van der Waals surface area contributed by atoms with Crippen molar-refractivity contribution in [2.45, 2.75) is 53.0 Å². The van der Waals surface area contributed by atoms with Crippen molar-refractivity contribution in [3.8, 4) is 22.4 Å². The SMILES string of the molecule is CCn1c(C)c(C(=O)O)c(-c2cc(F)cc(N3CCN(c4ccc(NS(=O)(=O)c5ccc(N[C@H](CCN6CCN(C)CC6)CSc6ccccc6)c(S(=O)(=O)C(F)(F)F)c5)cc4)CC3)c2)c1-c1ccc(Cl)cc1. The molecule has 13 nitrogen and oxygen atoms in total. The van der Waals surface area contributed by atoms with Gasteiger partial charge in [-0.05, 0) is 123 Å². The van der Waals surface area contributed by atoms with Crippen LogP contribution in [0.4, 0.5) is 40.3 Å². The molecule has 6 aromatic rings. The molecule has 3 N–H and O–H groups in total. The van der Waals surface area contributed by atoms with Crippen molar-refractivity contribution >= 4 is 71.9 Å². The molecule has 21 heteroatoms. The van der Waals surface area contributed by atoms with Crippen LogP contribution in [0.1, 0.15) is 29.4 Å². The van der Waals surface area contributed by atoms with Crippen molar-refractivity contribution in [3.05, 3.63) is 137 Å². The van der Waals surface area contributed by atoms with E-state index < -0.39 is 53.0 Å². The van der Waals surface area contributed by atoms with Gasteiger partial charge in [-0.15, -0.1) is 11.8 Å². The second-order valence-corrected chi connectivity index (χ2v) is 23.2. The molecule has 2 aliphatic heterocycles. The van der Waals surface area contributed by atoms with Gasteiger partial charge in [-0.3, -0.25) is 4.72 Å². The van der Waals surface area contributed by atoms with Crippen molar-refractivity contribution in [1.82, 2.24) is 14.4 Å². The lowest BCUT2D eigenvalue weighted by atomic mass is 9.96. The molecule has 2 aliphatic rings. The molecule has 5 aromatic carbocycles. The number of sulfonamides is 1. The Morgan fingerprint density at radius 3 is 2.05 bits per heavy atom. The molecule has 8 rings (SSSR count). The van der Waals surface area contributed by atoms with E-state index in [0.717, 1.165) is 54.5 Å². The van der Waals surface area contributed by atoms with Gasteiger partial charge in [-0.2, -0.15) is 13.2 Å². The molecular weight excluding hydrogens is 1030 g/mol. The molecule has 2 saturated heterocycles. The number of hydrogen-bond donors (Lipinski definition) is 3. The van der Waals surface area contributed by atoms with Gasteiger partial charge < -0.3 is 34.6 Å². The lowest BCUT2D eigenvalue weighted by Gasteiger charge is -2.37. The first-order chi connectivity index (χ1) is 34.7. The highest BCUT2D eigenvalue weighted by Gasteiger charge is 2.48. The number of anilines is 4. The topological polar surface area (TPSA) is 148 Å². The van der Waals surface area contributed by atoms with Gasteiger partial charge in [0.2, 0.25) is 0 Å². The number of thioether (sulfide) groups is 1. The number of carboxylic acids is 1. The number of carboxylic acid groups (broad SMARTS) is 1. The lowest BCUT2D eigenvalue weighted by Crippen LogP contribution is -2.46. The molecule has 1 aromatic heterocycles. The summed E-state index contributed by atoms with van der Waals surface area (Å²) in [7, 11) is -8.60. The maximum Gasteiger partial charge on any atom is 0.501 e. The van der Waals surface area contributed by atoms with E-state index in [-0.39, 0.29) is 16.9 Å². The van der Waals surface area contributed by atoms with Crippen LogP contribution in [0, 0.1) is 12.7 Å². The van der Waals surface area contributed by atoms with Gasteiger partial charge in [0.05, 0.1) is 21.8 Å². The summed E-state index contributed by atoms with van der Waals surface area (Å²) in [6.45, 7) is 9.97. The maximum absolute atomic E-state index is 15.6. The molecule has 2 fully saturated rings. The van der Waals surface area contributed by atoms with E-state index >= 15 is 4.39 Å². The molecule has 0 unspecified atom stereocenters. The van der Waals surface area contributed by atoms with Gasteiger partial charge >= 0.3 is 11.5 Å². The molecule has 388 valence electrons. The van der Waals surface area contributed by atoms with Crippen LogP contribution in [0.15, 0.2) is 130 Å². The quantitative estimate of drug-likeness (QED) is 0.0556. The maximum atomic E-state index is 15.6. The monoisotopic (exact) mass is 1080 g/mol. The summed E-state index contributed by atoms with van der Waals surface area (Å²) < 4.78 is 117. The molecule has 0 saturated carbocycles. The molecule has 0 spiro atoms. The predicted molar refractivity (Wildman–Crippen MR) is 282 cm³/mol. The van der Waals surface area contributed by atoms with E-state index in [9.17, 15) is 39.9 Å². The van der Waals surface area contributed by atoms with Crippen molar-refractivity contribution in [1.29, 1.82) is 0 Å². The molecule has 0 amide bonds. The number of alkyl halides is 3. The van der Waals surface area contributed by atoms with Crippen LogP contribution in [0.3, 0.4) is 0 Å². The van der Waals surface area contributed by atoms with Crippen LogP contribution in [-0.2, 0) is 26.4 Å². The van der Waals surface area contributed by atoms with Crippen molar-refractivity contribution in [2.24, 2.45) is 0 Å². The van der Waals surface area contributed by atoms with E-state index in [1.54, 1.807) is 49.4 Å². The first-order valence-electron chi connectivity index (χ1n) is 23.7. The number of piperazine rings is 2. The van der Waals surface area contributed by atoms with Crippen LogP contribution >= 0.6 is 23.4 Å². The molecule has 3 heterocycles. The van der Waals surface area contributed by atoms with Crippen LogP contribution < -0.4 is 19.8 Å². The number of nitrogens with one attached hydrogen (secondary N) is 2. The summed E-state index contributed by atoms with van der Waals surface area (Å²) in [6.07, 6.45) is 0.481. The lowest BCUT2D eigenvalue weighted by molar-refractivity contribution is -0.0436. The number of likely N-dealkylation sites (N-methyl/N-ethyl adjacent to an activating group) is 1. The summed E-state index contributed by atoms with van der Waals surface area (Å²) in [6, 6.07) is 29.6. The van der Waals surface area contributed by atoms with Gasteiger partial charge in [-0.25, -0.2) is 26.0 Å². The third kappa shape index (κ3) is 12.3. The molecule has 1 atom stereocenters. The smallest absolute Gasteiger partial charge is 0.478 e. The van der Waals surface area contributed by atoms with Crippen molar-refractivity contribution in [3.63, 3.8) is 0 Å². The largest absolute Gasteiger partial charge is 0.501 e. The number of halogens is 5. The molecule has 0 radical (unpaired) electrons. The minimum atomic E-state index is -6.03. The third-order valence-corrected chi connectivity index (χ3v) is 17.6. The average molecular weight is 1080 g/mol. The Morgan fingerprint density at radius 2 is 1.44 bits per heavy atom. The number of carbonyl (C=O) groups is 1. The molecule has 0 bridgehead atoms. The second kappa shape index (κ2) is 22.4. The first kappa shape index (κ1) is 53.5. The number of benzene rings is 5. The Bertz CT molecular complexity index is 3150. The van der Waals surface area contributed by atoms with Crippen LogP contribution in [0.25, 0.3) is 22.4 Å². The zero-order valence-electron chi connectivity index (χ0n) is 40.4. The number of nitrogens with zero attached hydrogens (tertiary/aromatic N) is 5. The van der Waals surface area contributed by atoms with Gasteiger partial charge in [0.15, 0.2) is 0 Å². The zero-order chi connectivity index (χ0) is 52.2. The highest BCUT2D eigenvalue weighted by Crippen LogP contribution is 2.42. The van der Waals surface area contributed by atoms with Gasteiger partial charge in [0.1, 0.15) is 10.7 Å². The normalized spacial score (nSPS) is 15.6. The van der Waals surface area contributed by atoms with Crippen LogP contribution in [-0.4, -0.2) is 126 Å². The molecular formula is C52H56ClF4N7O6S3. The van der Waals surface area contributed by atoms with E-state index in [0.29, 0.717) is 90.7 Å². The zero-order valence-corrected chi connectivity index (χ0v) is 43.6. The van der Waals surface area contributed by atoms with Crippen molar-refractivity contribution in [2.75, 3.05) is 91.5 Å². The minimum absolute atomic E-state index is 0.0777. The number of rotatable bonds is 18. The number of sulfone groups is 1. The summed E-state index contributed by atoms with van der Waals surface area (Å²) in [4.78, 5) is 20.3.